The van der Waals surface area contributed by atoms with E-state index >= 15 is 0 Å². The number of hydrogen-bond acceptors (Lipinski definition) is 3. The van der Waals surface area contributed by atoms with Crippen molar-refractivity contribution in [1.29, 1.82) is 0 Å². The molecule has 1 aliphatic rings. The lowest BCUT2D eigenvalue weighted by molar-refractivity contribution is -0.138. The molecule has 0 bridgehead atoms. The van der Waals surface area contributed by atoms with E-state index in [4.69, 9.17) is 14.6 Å². The van der Waals surface area contributed by atoms with E-state index in [1.54, 1.807) is 0 Å². The maximum Gasteiger partial charge on any atom is 0.310 e. The summed E-state index contributed by atoms with van der Waals surface area (Å²) in [7, 11) is 0. The molecule has 1 aromatic rings. The van der Waals surface area contributed by atoms with Crippen LogP contribution in [-0.2, 0) is 10.7 Å². The van der Waals surface area contributed by atoms with Crippen LogP contribution in [0.2, 0.25) is 0 Å². The lowest BCUT2D eigenvalue weighted by Crippen LogP contribution is -2.20. The number of aliphatic carboxylic acids is 1. The molecule has 0 spiro atoms. The SMILES string of the molecule is CC(C(=O)O)c1cc(C(C)(F)F)cc2c1OCCO2. The van der Waals surface area contributed by atoms with E-state index in [1.807, 2.05) is 0 Å². The molecule has 1 N–H and O–H groups in total. The molecule has 19 heavy (non-hydrogen) atoms. The third-order valence-corrected chi connectivity index (χ3v) is 3.01. The van der Waals surface area contributed by atoms with Gasteiger partial charge in [0.25, 0.3) is 5.92 Å². The lowest BCUT2D eigenvalue weighted by atomic mass is 9.95. The molecule has 0 fully saturated rings. The van der Waals surface area contributed by atoms with Gasteiger partial charge in [-0.05, 0) is 19.1 Å². The van der Waals surface area contributed by atoms with E-state index in [-0.39, 0.29) is 35.8 Å². The van der Waals surface area contributed by atoms with Gasteiger partial charge in [0.15, 0.2) is 11.5 Å². The molecule has 6 heteroatoms. The highest BCUT2D eigenvalue weighted by molar-refractivity contribution is 5.77. The van der Waals surface area contributed by atoms with E-state index in [9.17, 15) is 13.6 Å². The maximum absolute atomic E-state index is 13.4. The molecule has 2 rings (SSSR count). The third kappa shape index (κ3) is 2.62. The van der Waals surface area contributed by atoms with Crippen LogP contribution in [0.25, 0.3) is 0 Å². The minimum atomic E-state index is -3.07. The van der Waals surface area contributed by atoms with Crippen molar-refractivity contribution in [3.63, 3.8) is 0 Å². The molecule has 1 aliphatic heterocycles. The largest absolute Gasteiger partial charge is 0.486 e. The van der Waals surface area contributed by atoms with Crippen molar-refractivity contribution in [2.24, 2.45) is 0 Å². The molecule has 0 aliphatic carbocycles. The zero-order valence-corrected chi connectivity index (χ0v) is 10.6. The first kappa shape index (κ1) is 13.6. The van der Waals surface area contributed by atoms with Crippen molar-refractivity contribution in [3.05, 3.63) is 23.3 Å². The van der Waals surface area contributed by atoms with Gasteiger partial charge >= 0.3 is 5.97 Å². The molecule has 0 saturated carbocycles. The minimum Gasteiger partial charge on any atom is -0.486 e. The summed E-state index contributed by atoms with van der Waals surface area (Å²) in [5.41, 5.74) is -0.0684. The predicted octanol–water partition coefficient (Wildman–Crippen LogP) is 2.76. The van der Waals surface area contributed by atoms with Crippen LogP contribution in [0, 0.1) is 0 Å². The van der Waals surface area contributed by atoms with Crippen LogP contribution in [0.3, 0.4) is 0 Å². The molecule has 0 amide bonds. The Bertz CT molecular complexity index is 508. The first-order chi connectivity index (χ1) is 8.80. The van der Waals surface area contributed by atoms with Crippen LogP contribution in [0.5, 0.6) is 11.5 Å². The standard InChI is InChI=1S/C13H14F2O4/c1-7(12(16)17)9-5-8(13(2,14)15)6-10-11(9)19-4-3-18-10/h5-7H,3-4H2,1-2H3,(H,16,17). The van der Waals surface area contributed by atoms with Crippen molar-refractivity contribution in [1.82, 2.24) is 0 Å². The Hall–Kier alpha value is -1.85. The molecular weight excluding hydrogens is 258 g/mol. The van der Waals surface area contributed by atoms with Gasteiger partial charge in [-0.25, -0.2) is 8.78 Å². The average Bonchev–Trinajstić information content (AvgIpc) is 2.35. The van der Waals surface area contributed by atoms with Crippen LogP contribution in [0.15, 0.2) is 12.1 Å². The van der Waals surface area contributed by atoms with Crippen LogP contribution in [0.4, 0.5) is 8.78 Å². The molecule has 0 radical (unpaired) electrons. The van der Waals surface area contributed by atoms with Crippen molar-refractivity contribution < 1.29 is 28.2 Å². The second-order valence-electron chi connectivity index (χ2n) is 4.54. The van der Waals surface area contributed by atoms with Crippen LogP contribution in [-0.4, -0.2) is 24.3 Å². The number of carboxylic acids is 1. The molecule has 4 nitrogen and oxygen atoms in total. The van der Waals surface area contributed by atoms with E-state index < -0.39 is 17.8 Å². The molecule has 0 aromatic heterocycles. The predicted molar refractivity (Wildman–Crippen MR) is 63.1 cm³/mol. The fourth-order valence-electron chi connectivity index (χ4n) is 1.89. The first-order valence-corrected chi connectivity index (χ1v) is 5.85. The summed E-state index contributed by atoms with van der Waals surface area (Å²) in [6.07, 6.45) is 0. The molecular formula is C13H14F2O4. The van der Waals surface area contributed by atoms with Crippen molar-refractivity contribution in [2.45, 2.75) is 25.7 Å². The molecule has 0 saturated heterocycles. The Kier molecular flexibility index (Phi) is 3.34. The zero-order valence-electron chi connectivity index (χ0n) is 10.6. The quantitative estimate of drug-likeness (QED) is 0.919. The number of carboxylic acid groups (broad SMARTS) is 1. The summed E-state index contributed by atoms with van der Waals surface area (Å²) in [5, 5.41) is 9.05. The number of rotatable bonds is 3. The summed E-state index contributed by atoms with van der Waals surface area (Å²) in [6, 6.07) is 2.37. The van der Waals surface area contributed by atoms with E-state index in [2.05, 4.69) is 0 Å². The maximum atomic E-state index is 13.4. The van der Waals surface area contributed by atoms with Gasteiger partial charge < -0.3 is 14.6 Å². The Morgan fingerprint density at radius 3 is 2.58 bits per heavy atom. The summed E-state index contributed by atoms with van der Waals surface area (Å²) < 4.78 is 37.5. The van der Waals surface area contributed by atoms with E-state index in [0.717, 1.165) is 6.92 Å². The Morgan fingerprint density at radius 2 is 2.00 bits per heavy atom. The molecule has 1 unspecified atom stereocenters. The normalized spacial score (nSPS) is 16.0. The second-order valence-corrected chi connectivity index (χ2v) is 4.54. The highest BCUT2D eigenvalue weighted by atomic mass is 19.3. The Morgan fingerprint density at radius 1 is 1.37 bits per heavy atom. The van der Waals surface area contributed by atoms with Crippen LogP contribution in [0.1, 0.15) is 30.9 Å². The lowest BCUT2D eigenvalue weighted by Gasteiger charge is -2.25. The molecule has 104 valence electrons. The van der Waals surface area contributed by atoms with Crippen molar-refractivity contribution >= 4 is 5.97 Å². The smallest absolute Gasteiger partial charge is 0.310 e. The zero-order chi connectivity index (χ0) is 14.2. The van der Waals surface area contributed by atoms with Crippen LogP contribution < -0.4 is 9.47 Å². The highest BCUT2D eigenvalue weighted by Gasteiger charge is 2.31. The Labute approximate surface area is 108 Å². The van der Waals surface area contributed by atoms with Crippen molar-refractivity contribution in [2.75, 3.05) is 13.2 Å². The first-order valence-electron chi connectivity index (χ1n) is 5.85. The summed E-state index contributed by atoms with van der Waals surface area (Å²) in [6.45, 7) is 2.71. The Balaban J connectivity index is 2.59. The molecule has 1 aromatic carbocycles. The highest BCUT2D eigenvalue weighted by Crippen LogP contribution is 2.42. The topological polar surface area (TPSA) is 55.8 Å². The van der Waals surface area contributed by atoms with E-state index in [1.165, 1.54) is 19.1 Å². The number of fused-ring (bicyclic) bond motifs is 1. The second kappa shape index (κ2) is 4.68. The fourth-order valence-corrected chi connectivity index (χ4v) is 1.89. The van der Waals surface area contributed by atoms with Gasteiger partial charge in [-0.1, -0.05) is 0 Å². The number of hydrogen-bond donors (Lipinski definition) is 1. The van der Waals surface area contributed by atoms with Gasteiger partial charge in [0, 0.05) is 18.1 Å². The van der Waals surface area contributed by atoms with Gasteiger partial charge in [-0.15, -0.1) is 0 Å². The van der Waals surface area contributed by atoms with Gasteiger partial charge in [-0.2, -0.15) is 0 Å². The summed E-state index contributed by atoms with van der Waals surface area (Å²) in [4.78, 5) is 11.1. The average molecular weight is 272 g/mol. The van der Waals surface area contributed by atoms with Gasteiger partial charge in [0.05, 0.1) is 5.92 Å². The number of ether oxygens (including phenoxy) is 2. The monoisotopic (exact) mass is 272 g/mol. The van der Waals surface area contributed by atoms with Gasteiger partial charge in [0.2, 0.25) is 0 Å². The molecule has 1 heterocycles. The number of alkyl halides is 2. The fraction of sp³-hybridized carbons (Fsp3) is 0.462. The number of benzene rings is 1. The number of carbonyl (C=O) groups is 1. The van der Waals surface area contributed by atoms with Gasteiger partial charge in [0.1, 0.15) is 13.2 Å². The summed E-state index contributed by atoms with van der Waals surface area (Å²) >= 11 is 0. The minimum absolute atomic E-state index is 0.174. The molecule has 1 atom stereocenters. The third-order valence-electron chi connectivity index (χ3n) is 3.01. The van der Waals surface area contributed by atoms with E-state index in [0.29, 0.717) is 0 Å². The van der Waals surface area contributed by atoms with Crippen molar-refractivity contribution in [3.8, 4) is 11.5 Å². The number of halogens is 2. The van der Waals surface area contributed by atoms with Crippen LogP contribution >= 0.6 is 0 Å². The van der Waals surface area contributed by atoms with Gasteiger partial charge in [-0.3, -0.25) is 4.79 Å². The summed E-state index contributed by atoms with van der Waals surface area (Å²) in [5.74, 6) is -4.70.